The van der Waals surface area contributed by atoms with Crippen LogP contribution in [0, 0.1) is 11.3 Å². The lowest BCUT2D eigenvalue weighted by Gasteiger charge is -2.37. The van der Waals surface area contributed by atoms with Crippen molar-refractivity contribution in [1.82, 2.24) is 19.9 Å². The van der Waals surface area contributed by atoms with Gasteiger partial charge in [0.15, 0.2) is 0 Å². The second-order valence-corrected chi connectivity index (χ2v) is 8.47. The molecule has 7 nitrogen and oxygen atoms in total. The Morgan fingerprint density at radius 2 is 1.80 bits per heavy atom. The van der Waals surface area contributed by atoms with Crippen LogP contribution in [0.2, 0.25) is 5.02 Å². The Kier molecular flexibility index (Phi) is 6.54. The second kappa shape index (κ2) is 9.16. The molecule has 0 saturated heterocycles. The zero-order valence-corrected chi connectivity index (χ0v) is 18.5. The van der Waals surface area contributed by atoms with Crippen LogP contribution in [-0.2, 0) is 18.8 Å². The number of aromatic amines is 1. The number of halogens is 7. The number of rotatable bonds is 5. The first-order valence-electron chi connectivity index (χ1n) is 10.4. The molecule has 2 N–H and O–H groups in total. The van der Waals surface area contributed by atoms with Gasteiger partial charge in [0, 0.05) is 34.6 Å². The minimum absolute atomic E-state index is 0.0191. The Morgan fingerprint density at radius 1 is 1.14 bits per heavy atom. The van der Waals surface area contributed by atoms with Crippen molar-refractivity contribution in [2.24, 2.45) is 0 Å². The summed E-state index contributed by atoms with van der Waals surface area (Å²) in [4.78, 5) is 13.6. The lowest BCUT2D eigenvalue weighted by atomic mass is 9.93. The van der Waals surface area contributed by atoms with Crippen LogP contribution >= 0.6 is 11.6 Å². The number of nitrogens with zero attached hydrogens (tertiary/aromatic N) is 5. The smallest absolute Gasteiger partial charge is 0.393 e. The molecule has 0 bridgehead atoms. The Hall–Kier alpha value is -3.11. The molecule has 2 atom stereocenters. The van der Waals surface area contributed by atoms with E-state index >= 15 is 0 Å². The summed E-state index contributed by atoms with van der Waals surface area (Å²) in [5.41, 5.74) is 1.94. The molecule has 0 saturated carbocycles. The number of hydrogen-bond acceptors (Lipinski definition) is 6. The van der Waals surface area contributed by atoms with Gasteiger partial charge in [-0.15, -0.1) is 0 Å². The number of hydrogen-bond donors (Lipinski definition) is 2. The predicted molar refractivity (Wildman–Crippen MR) is 112 cm³/mol. The molecular weight excluding hydrogens is 502 g/mol. The molecule has 0 aliphatic carbocycles. The summed E-state index contributed by atoms with van der Waals surface area (Å²) in [6, 6.07) is 6.04. The predicted octanol–water partition coefficient (Wildman–Crippen LogP) is 5.20. The van der Waals surface area contributed by atoms with E-state index in [0.29, 0.717) is 16.2 Å². The third kappa shape index (κ3) is 5.13. The fourth-order valence-electron chi connectivity index (χ4n) is 4.18. The first kappa shape index (κ1) is 25.0. The largest absolute Gasteiger partial charge is 0.451 e. The number of alkyl halides is 6. The summed E-state index contributed by atoms with van der Waals surface area (Å²) in [6.07, 6.45) is -11.3. The van der Waals surface area contributed by atoms with Gasteiger partial charge in [0.25, 0.3) is 0 Å². The maximum atomic E-state index is 13.3. The summed E-state index contributed by atoms with van der Waals surface area (Å²) in [7, 11) is 0. The lowest BCUT2D eigenvalue weighted by molar-refractivity contribution is -0.155. The number of nitrogens with one attached hydrogen (secondary N) is 1. The van der Waals surface area contributed by atoms with Crippen molar-refractivity contribution in [3.8, 4) is 6.07 Å². The number of aromatic nitrogens is 4. The van der Waals surface area contributed by atoms with E-state index in [9.17, 15) is 31.4 Å². The van der Waals surface area contributed by atoms with E-state index in [1.807, 2.05) is 6.07 Å². The van der Waals surface area contributed by atoms with Crippen LogP contribution in [0.4, 0.5) is 32.3 Å². The maximum Gasteiger partial charge on any atom is 0.451 e. The van der Waals surface area contributed by atoms with E-state index in [1.165, 1.54) is 4.90 Å². The van der Waals surface area contributed by atoms with Crippen LogP contribution in [0.15, 0.2) is 18.2 Å². The van der Waals surface area contributed by atoms with E-state index in [0.717, 1.165) is 10.9 Å². The van der Waals surface area contributed by atoms with Crippen molar-refractivity contribution >= 4 is 28.5 Å². The van der Waals surface area contributed by atoms with Gasteiger partial charge in [0.1, 0.15) is 0 Å². The average Bonchev–Trinajstić information content (AvgIpc) is 3.14. The molecule has 1 aliphatic heterocycles. The number of fused-ring (bicyclic) bond motifs is 3. The molecule has 1 aromatic carbocycles. The van der Waals surface area contributed by atoms with Crippen molar-refractivity contribution in [1.29, 1.82) is 5.26 Å². The van der Waals surface area contributed by atoms with Gasteiger partial charge < -0.3 is 15.0 Å². The number of anilines is 1. The van der Waals surface area contributed by atoms with E-state index in [2.05, 4.69) is 19.9 Å². The van der Waals surface area contributed by atoms with E-state index in [4.69, 9.17) is 16.9 Å². The van der Waals surface area contributed by atoms with Crippen LogP contribution < -0.4 is 4.90 Å². The highest BCUT2D eigenvalue weighted by Crippen LogP contribution is 2.41. The highest BCUT2D eigenvalue weighted by molar-refractivity contribution is 6.31. The van der Waals surface area contributed by atoms with Crippen LogP contribution in [0.1, 0.15) is 48.2 Å². The standard InChI is InChI=1S/C21H17ClF6N6O/c22-10-3-4-14-13(8-10)12-5-7-34(15(16(12)30-14)9-11(35)2-1-6-29)19-32-17(20(23,24)25)31-18(33-19)21(26,27)28/h3-4,8,11,15,30,35H,1-2,5,7,9H2/t11-,15-/m0/s1. The molecule has 3 heterocycles. The van der Waals surface area contributed by atoms with Crippen molar-refractivity contribution in [2.75, 3.05) is 11.4 Å². The highest BCUT2D eigenvalue weighted by Gasteiger charge is 2.43. The number of aliphatic hydroxyl groups excluding tert-OH is 1. The first-order valence-corrected chi connectivity index (χ1v) is 10.8. The summed E-state index contributed by atoms with van der Waals surface area (Å²) in [5, 5.41) is 20.5. The number of nitriles is 1. The summed E-state index contributed by atoms with van der Waals surface area (Å²) in [6.45, 7) is -0.0271. The van der Waals surface area contributed by atoms with Gasteiger partial charge in [-0.1, -0.05) is 11.6 Å². The lowest BCUT2D eigenvalue weighted by Crippen LogP contribution is -2.39. The molecule has 14 heteroatoms. The van der Waals surface area contributed by atoms with Crippen molar-refractivity contribution in [3.63, 3.8) is 0 Å². The average molecular weight is 519 g/mol. The van der Waals surface area contributed by atoms with Crippen molar-refractivity contribution in [2.45, 2.75) is 50.2 Å². The van der Waals surface area contributed by atoms with E-state index in [1.54, 1.807) is 18.2 Å². The van der Waals surface area contributed by atoms with Crippen LogP contribution in [0.25, 0.3) is 10.9 Å². The first-order chi connectivity index (χ1) is 16.4. The van der Waals surface area contributed by atoms with Crippen molar-refractivity contribution < 1.29 is 31.4 Å². The van der Waals surface area contributed by atoms with E-state index < -0.39 is 42.1 Å². The van der Waals surface area contributed by atoms with Crippen LogP contribution in [0.3, 0.4) is 0 Å². The summed E-state index contributed by atoms with van der Waals surface area (Å²) < 4.78 is 80.0. The van der Waals surface area contributed by atoms with Gasteiger partial charge in [0.2, 0.25) is 17.6 Å². The third-order valence-electron chi connectivity index (χ3n) is 5.69. The zero-order valence-electron chi connectivity index (χ0n) is 17.8. The molecule has 3 aromatic rings. The number of H-pyrrole nitrogens is 1. The normalized spacial score (nSPS) is 17.3. The van der Waals surface area contributed by atoms with Crippen molar-refractivity contribution in [3.05, 3.63) is 46.1 Å². The summed E-state index contributed by atoms with van der Waals surface area (Å²) in [5.74, 6) is -4.74. The van der Waals surface area contributed by atoms with Gasteiger partial charge in [-0.3, -0.25) is 0 Å². The number of aliphatic hydroxyl groups is 1. The molecule has 2 aromatic heterocycles. The third-order valence-corrected chi connectivity index (χ3v) is 5.92. The molecule has 0 fully saturated rings. The highest BCUT2D eigenvalue weighted by atomic mass is 35.5. The van der Waals surface area contributed by atoms with Gasteiger partial charge in [-0.2, -0.15) is 41.6 Å². The fourth-order valence-corrected chi connectivity index (χ4v) is 4.35. The minimum atomic E-state index is -5.24. The van der Waals surface area contributed by atoms with Gasteiger partial charge in [0.05, 0.1) is 18.2 Å². The monoisotopic (exact) mass is 518 g/mol. The maximum absolute atomic E-state index is 13.3. The molecule has 0 radical (unpaired) electrons. The molecule has 1 aliphatic rings. The van der Waals surface area contributed by atoms with Gasteiger partial charge >= 0.3 is 12.4 Å². The molecule has 0 unspecified atom stereocenters. The molecule has 0 amide bonds. The van der Waals surface area contributed by atoms with Crippen LogP contribution in [0.5, 0.6) is 0 Å². The minimum Gasteiger partial charge on any atom is -0.393 e. The topological polar surface area (TPSA) is 102 Å². The SMILES string of the molecule is N#CCC[C@H](O)C[C@H]1c2[nH]c3ccc(Cl)cc3c2CCN1c1nc(C(F)(F)F)nc(C(F)(F)F)n1. The molecule has 186 valence electrons. The van der Waals surface area contributed by atoms with Gasteiger partial charge in [-0.05, 0) is 43.0 Å². The fraction of sp³-hybridized carbons (Fsp3) is 0.429. The molecular formula is C21H17ClF6N6O. The molecule has 0 spiro atoms. The van der Waals surface area contributed by atoms with Gasteiger partial charge in [-0.25, -0.2) is 4.98 Å². The molecule has 4 rings (SSSR count). The Labute approximate surface area is 199 Å². The Balaban J connectivity index is 1.85. The molecule has 35 heavy (non-hydrogen) atoms. The quantitative estimate of drug-likeness (QED) is 0.450. The van der Waals surface area contributed by atoms with E-state index in [-0.39, 0.29) is 32.2 Å². The zero-order chi connectivity index (χ0) is 25.5. The Bertz CT molecular complexity index is 1250. The Morgan fingerprint density at radius 3 is 2.40 bits per heavy atom. The second-order valence-electron chi connectivity index (χ2n) is 8.03. The summed E-state index contributed by atoms with van der Waals surface area (Å²) >= 11 is 6.11. The van der Waals surface area contributed by atoms with Crippen LogP contribution in [-0.4, -0.2) is 37.7 Å². The number of benzene rings is 1.